The van der Waals surface area contributed by atoms with Gasteiger partial charge in [-0.25, -0.2) is 9.37 Å². The molecule has 0 saturated carbocycles. The van der Waals surface area contributed by atoms with E-state index in [-0.39, 0.29) is 55.1 Å². The molecule has 11 heteroatoms. The third kappa shape index (κ3) is 5.21. The summed E-state index contributed by atoms with van der Waals surface area (Å²) in [7, 11) is 0. The zero-order chi connectivity index (χ0) is 21.5. The van der Waals surface area contributed by atoms with Crippen LogP contribution in [0.1, 0.15) is 31.9 Å². The molecule has 34 heavy (non-hydrogen) atoms. The third-order valence-electron chi connectivity index (χ3n) is 5.98. The number of fused-ring (bicyclic) bond motifs is 2. The lowest BCUT2D eigenvalue weighted by molar-refractivity contribution is 0.259. The number of nitrogens with zero attached hydrogens (tertiary/aromatic N) is 5. The Hall–Kier alpha value is -2.23. The van der Waals surface area contributed by atoms with E-state index in [0.717, 1.165) is 25.2 Å². The van der Waals surface area contributed by atoms with Gasteiger partial charge in [0.15, 0.2) is 23.0 Å². The van der Waals surface area contributed by atoms with Crippen LogP contribution in [-0.2, 0) is 0 Å². The summed E-state index contributed by atoms with van der Waals surface area (Å²) in [6.45, 7) is 6.31. The van der Waals surface area contributed by atoms with Crippen molar-refractivity contribution in [1.29, 1.82) is 0 Å². The minimum atomic E-state index is -0.392. The quantitative estimate of drug-likeness (QED) is 0.398. The normalized spacial score (nSPS) is 16.5. The van der Waals surface area contributed by atoms with Gasteiger partial charge in [-0.1, -0.05) is 12.1 Å². The first kappa shape index (κ1) is 28.0. The standard InChI is InChI=1S/C23H25FN6O.3ClH/c1-3-31-21-11-20-15(10-18(21)24)4-6-19(26-20)23-28-27-22-7-5-16(12-30(22)23)14(2)29-9-8-17(25)13-29;;;/h4-7,10-12,14,17H,3,8-9,13,25H2,1-2H3;3*1H/t14-,17-;;;/m0.../s1. The smallest absolute Gasteiger partial charge is 0.187 e. The lowest BCUT2D eigenvalue weighted by Crippen LogP contribution is -2.28. The summed E-state index contributed by atoms with van der Waals surface area (Å²) in [6, 6.07) is 11.3. The second kappa shape index (κ2) is 11.5. The van der Waals surface area contributed by atoms with Gasteiger partial charge in [-0.2, -0.15) is 0 Å². The van der Waals surface area contributed by atoms with Crippen LogP contribution in [0.5, 0.6) is 5.75 Å². The fourth-order valence-electron chi connectivity index (χ4n) is 4.22. The Morgan fingerprint density at radius 2 is 1.94 bits per heavy atom. The van der Waals surface area contributed by atoms with Crippen molar-refractivity contribution in [2.24, 2.45) is 5.73 Å². The molecule has 0 bridgehead atoms. The van der Waals surface area contributed by atoms with Crippen LogP contribution in [0.3, 0.4) is 0 Å². The van der Waals surface area contributed by atoms with Crippen molar-refractivity contribution in [3.63, 3.8) is 0 Å². The Bertz CT molecular complexity index is 1270. The number of ether oxygens (including phenoxy) is 1. The van der Waals surface area contributed by atoms with Gasteiger partial charge in [0.05, 0.1) is 12.1 Å². The minimum absolute atomic E-state index is 0. The maximum Gasteiger partial charge on any atom is 0.187 e. The predicted molar refractivity (Wildman–Crippen MR) is 139 cm³/mol. The van der Waals surface area contributed by atoms with E-state index in [0.29, 0.717) is 29.0 Å². The van der Waals surface area contributed by atoms with Gasteiger partial charge in [-0.05, 0) is 44.0 Å². The molecule has 0 spiro atoms. The Kier molecular flexibility index (Phi) is 9.45. The average Bonchev–Trinajstić information content (AvgIpc) is 3.39. The highest BCUT2D eigenvalue weighted by Gasteiger charge is 2.25. The van der Waals surface area contributed by atoms with Gasteiger partial charge >= 0.3 is 0 Å². The van der Waals surface area contributed by atoms with E-state index in [9.17, 15) is 4.39 Å². The Labute approximate surface area is 216 Å². The van der Waals surface area contributed by atoms with Crippen LogP contribution in [0.4, 0.5) is 4.39 Å². The summed E-state index contributed by atoms with van der Waals surface area (Å²) < 4.78 is 21.5. The number of likely N-dealkylation sites (tertiary alicyclic amines) is 1. The molecule has 1 fully saturated rings. The van der Waals surface area contributed by atoms with Crippen LogP contribution in [0.25, 0.3) is 28.1 Å². The van der Waals surface area contributed by atoms with Crippen LogP contribution in [0, 0.1) is 5.82 Å². The van der Waals surface area contributed by atoms with Crippen LogP contribution in [0.2, 0.25) is 0 Å². The highest BCUT2D eigenvalue weighted by molar-refractivity contribution is 5.86. The molecule has 4 aromatic rings. The Morgan fingerprint density at radius 3 is 2.65 bits per heavy atom. The zero-order valence-electron chi connectivity index (χ0n) is 18.8. The average molecular weight is 530 g/mol. The van der Waals surface area contributed by atoms with Gasteiger partial charge in [0.25, 0.3) is 0 Å². The monoisotopic (exact) mass is 528 g/mol. The fourth-order valence-corrected chi connectivity index (χ4v) is 4.22. The van der Waals surface area contributed by atoms with Gasteiger partial charge < -0.3 is 10.5 Å². The highest BCUT2D eigenvalue weighted by atomic mass is 35.5. The number of rotatable bonds is 5. The third-order valence-corrected chi connectivity index (χ3v) is 5.98. The second-order valence-electron chi connectivity index (χ2n) is 8.04. The lowest BCUT2D eigenvalue weighted by Gasteiger charge is -2.24. The van der Waals surface area contributed by atoms with E-state index in [1.54, 1.807) is 6.07 Å². The predicted octanol–water partition coefficient (Wildman–Crippen LogP) is 4.84. The first-order valence-electron chi connectivity index (χ1n) is 10.6. The van der Waals surface area contributed by atoms with Crippen molar-refractivity contribution >= 4 is 53.8 Å². The summed E-state index contributed by atoms with van der Waals surface area (Å²) in [5.74, 6) is 0.453. The molecule has 184 valence electrons. The molecular formula is C23H28Cl3FN6O. The van der Waals surface area contributed by atoms with Crippen LogP contribution in [-0.4, -0.2) is 50.2 Å². The van der Waals surface area contributed by atoms with E-state index in [1.165, 1.54) is 11.6 Å². The summed E-state index contributed by atoms with van der Waals surface area (Å²) in [5, 5.41) is 9.38. The second-order valence-corrected chi connectivity index (χ2v) is 8.04. The minimum Gasteiger partial charge on any atom is -0.491 e. The van der Waals surface area contributed by atoms with E-state index in [4.69, 9.17) is 15.5 Å². The summed E-state index contributed by atoms with van der Waals surface area (Å²) in [6.07, 6.45) is 3.09. The van der Waals surface area contributed by atoms with Gasteiger partial charge in [-0.3, -0.25) is 9.30 Å². The lowest BCUT2D eigenvalue weighted by atomic mass is 10.1. The molecule has 1 aliphatic rings. The molecule has 3 aromatic heterocycles. The fraction of sp³-hybridized carbons (Fsp3) is 0.348. The molecule has 2 atom stereocenters. The van der Waals surface area contributed by atoms with E-state index in [1.807, 2.05) is 29.5 Å². The van der Waals surface area contributed by atoms with Gasteiger partial charge in [0, 0.05) is 42.8 Å². The maximum atomic E-state index is 14.2. The van der Waals surface area contributed by atoms with E-state index < -0.39 is 5.82 Å². The van der Waals surface area contributed by atoms with Crippen molar-refractivity contribution in [2.75, 3.05) is 19.7 Å². The maximum absolute atomic E-state index is 14.2. The van der Waals surface area contributed by atoms with Gasteiger partial charge in [-0.15, -0.1) is 47.4 Å². The number of halogens is 4. The van der Waals surface area contributed by atoms with Crippen molar-refractivity contribution in [2.45, 2.75) is 32.4 Å². The number of hydrogen-bond donors (Lipinski definition) is 1. The molecule has 0 amide bonds. The van der Waals surface area contributed by atoms with Crippen LogP contribution >= 0.6 is 37.2 Å². The van der Waals surface area contributed by atoms with Crippen molar-refractivity contribution in [1.82, 2.24) is 24.5 Å². The molecule has 1 aliphatic heterocycles. The number of benzene rings is 1. The van der Waals surface area contributed by atoms with Crippen molar-refractivity contribution < 1.29 is 9.13 Å². The molecular weight excluding hydrogens is 502 g/mol. The summed E-state index contributed by atoms with van der Waals surface area (Å²) in [4.78, 5) is 7.11. The highest BCUT2D eigenvalue weighted by Crippen LogP contribution is 2.28. The topological polar surface area (TPSA) is 81.6 Å². The van der Waals surface area contributed by atoms with Crippen LogP contribution in [0.15, 0.2) is 42.6 Å². The molecule has 1 aromatic carbocycles. The molecule has 0 unspecified atom stereocenters. The molecule has 0 radical (unpaired) electrons. The van der Waals surface area contributed by atoms with Crippen molar-refractivity contribution in [3.8, 4) is 17.3 Å². The van der Waals surface area contributed by atoms with E-state index >= 15 is 0 Å². The SMILES string of the molecule is CCOc1cc2nc(-c3nnc4ccc([C@H](C)N5CC[C@H](N)C5)cn34)ccc2cc1F.Cl.Cl.Cl. The van der Waals surface area contributed by atoms with Gasteiger partial charge in [0.1, 0.15) is 5.69 Å². The molecule has 1 saturated heterocycles. The zero-order valence-corrected chi connectivity index (χ0v) is 21.3. The molecule has 7 nitrogen and oxygen atoms in total. The first-order valence-corrected chi connectivity index (χ1v) is 10.6. The number of aromatic nitrogens is 4. The molecule has 5 rings (SSSR count). The molecule has 4 heterocycles. The van der Waals surface area contributed by atoms with Crippen molar-refractivity contribution in [3.05, 3.63) is 54.0 Å². The Morgan fingerprint density at radius 1 is 1.15 bits per heavy atom. The number of hydrogen-bond acceptors (Lipinski definition) is 6. The van der Waals surface area contributed by atoms with Crippen LogP contribution < -0.4 is 10.5 Å². The van der Waals surface area contributed by atoms with E-state index in [2.05, 4.69) is 34.3 Å². The Balaban J connectivity index is 0.00000136. The summed E-state index contributed by atoms with van der Waals surface area (Å²) in [5.41, 5.74) is 9.33. The molecule has 0 aliphatic carbocycles. The molecule has 2 N–H and O–H groups in total. The number of pyridine rings is 2. The number of nitrogens with two attached hydrogens (primary N) is 1. The largest absolute Gasteiger partial charge is 0.491 e. The van der Waals surface area contributed by atoms with Gasteiger partial charge in [0.2, 0.25) is 0 Å². The summed E-state index contributed by atoms with van der Waals surface area (Å²) >= 11 is 0. The first-order chi connectivity index (χ1) is 15.0.